The van der Waals surface area contributed by atoms with Gasteiger partial charge in [0.25, 0.3) is 0 Å². The van der Waals surface area contributed by atoms with Crippen molar-refractivity contribution in [2.75, 3.05) is 13.2 Å². The van der Waals surface area contributed by atoms with Gasteiger partial charge >= 0.3 is 5.97 Å². The van der Waals surface area contributed by atoms with Gasteiger partial charge in [-0.2, -0.15) is 5.26 Å². The van der Waals surface area contributed by atoms with Gasteiger partial charge in [0.2, 0.25) is 0 Å². The van der Waals surface area contributed by atoms with E-state index in [1.807, 2.05) is 26.8 Å². The zero-order valence-electron chi connectivity index (χ0n) is 11.2. The molecule has 4 nitrogen and oxygen atoms in total. The highest BCUT2D eigenvalue weighted by Crippen LogP contribution is 2.28. The first-order valence-corrected chi connectivity index (χ1v) is 5.80. The van der Waals surface area contributed by atoms with Gasteiger partial charge < -0.3 is 9.47 Å². The Hall–Kier alpha value is -2.02. The number of benzene rings is 1. The minimum absolute atomic E-state index is 0.135. The van der Waals surface area contributed by atoms with E-state index in [-0.39, 0.29) is 6.61 Å². The molecule has 0 fully saturated rings. The number of esters is 1. The van der Waals surface area contributed by atoms with Crippen molar-refractivity contribution in [2.24, 2.45) is 0 Å². The van der Waals surface area contributed by atoms with Crippen molar-refractivity contribution < 1.29 is 14.3 Å². The molecule has 0 spiro atoms. The van der Waals surface area contributed by atoms with Gasteiger partial charge in [0, 0.05) is 5.56 Å². The average Bonchev–Trinajstić information content (AvgIpc) is 2.29. The van der Waals surface area contributed by atoms with Gasteiger partial charge in [-0.1, -0.05) is 6.07 Å². The van der Waals surface area contributed by atoms with Crippen LogP contribution in [0.15, 0.2) is 6.07 Å². The van der Waals surface area contributed by atoms with Crippen LogP contribution in [0.4, 0.5) is 0 Å². The maximum Gasteiger partial charge on any atom is 0.344 e. The summed E-state index contributed by atoms with van der Waals surface area (Å²) in [5.41, 5.74) is 3.18. The highest BCUT2D eigenvalue weighted by atomic mass is 16.6. The summed E-state index contributed by atoms with van der Waals surface area (Å²) in [5, 5.41) is 9.08. The van der Waals surface area contributed by atoms with Crippen LogP contribution in [0.5, 0.6) is 5.75 Å². The van der Waals surface area contributed by atoms with Gasteiger partial charge in [-0.05, 0) is 38.8 Å². The molecular weight excluding hydrogens is 230 g/mol. The number of aryl methyl sites for hydroxylation is 2. The topological polar surface area (TPSA) is 59.3 Å². The molecule has 1 rings (SSSR count). The molecule has 0 N–H and O–H groups in total. The lowest BCUT2D eigenvalue weighted by atomic mass is 9.99. The maximum atomic E-state index is 11.2. The van der Waals surface area contributed by atoms with Gasteiger partial charge in [0.05, 0.1) is 18.2 Å². The third-order valence-corrected chi connectivity index (χ3v) is 2.65. The molecule has 0 bridgehead atoms. The van der Waals surface area contributed by atoms with Gasteiger partial charge in [0.1, 0.15) is 5.75 Å². The van der Waals surface area contributed by atoms with Crippen molar-refractivity contribution in [1.29, 1.82) is 5.26 Å². The molecule has 0 saturated carbocycles. The predicted molar refractivity (Wildman–Crippen MR) is 67.5 cm³/mol. The lowest BCUT2D eigenvalue weighted by molar-refractivity contribution is -0.145. The molecule has 4 heteroatoms. The Bertz CT molecular complexity index is 501. The number of carbonyl (C=O) groups excluding carboxylic acids is 1. The molecule has 0 radical (unpaired) electrons. The van der Waals surface area contributed by atoms with E-state index in [1.165, 1.54) is 0 Å². The highest BCUT2D eigenvalue weighted by Gasteiger charge is 2.13. The SMILES string of the molecule is CCOC(=O)COc1c(C)cc(C)c(C#N)c1C. The molecule has 1 aromatic carbocycles. The van der Waals surface area contributed by atoms with E-state index < -0.39 is 5.97 Å². The highest BCUT2D eigenvalue weighted by molar-refractivity contribution is 5.71. The molecule has 96 valence electrons. The molecule has 0 amide bonds. The van der Waals surface area contributed by atoms with Crippen molar-refractivity contribution in [3.63, 3.8) is 0 Å². The summed E-state index contributed by atoms with van der Waals surface area (Å²) in [6.45, 7) is 7.53. The van der Waals surface area contributed by atoms with Gasteiger partial charge in [-0.3, -0.25) is 0 Å². The molecule has 18 heavy (non-hydrogen) atoms. The third kappa shape index (κ3) is 3.01. The molecule has 0 aliphatic rings. The van der Waals surface area contributed by atoms with E-state index in [2.05, 4.69) is 6.07 Å². The van der Waals surface area contributed by atoms with Crippen molar-refractivity contribution in [3.8, 4) is 11.8 Å². The summed E-state index contributed by atoms with van der Waals surface area (Å²) in [7, 11) is 0. The summed E-state index contributed by atoms with van der Waals surface area (Å²) in [6, 6.07) is 4.03. The lowest BCUT2D eigenvalue weighted by Gasteiger charge is -2.14. The van der Waals surface area contributed by atoms with Gasteiger partial charge in [-0.25, -0.2) is 4.79 Å². The van der Waals surface area contributed by atoms with Gasteiger partial charge in [-0.15, -0.1) is 0 Å². The molecule has 0 saturated heterocycles. The largest absolute Gasteiger partial charge is 0.481 e. The first-order chi connectivity index (χ1) is 8.51. The standard InChI is InChI=1S/C14H17NO3/c1-5-17-13(16)8-18-14-10(3)6-9(2)12(7-15)11(14)4/h6H,5,8H2,1-4H3. The fraction of sp³-hybridized carbons (Fsp3) is 0.429. The van der Waals surface area contributed by atoms with E-state index in [1.54, 1.807) is 6.92 Å². The van der Waals surface area contributed by atoms with E-state index in [4.69, 9.17) is 14.7 Å². The predicted octanol–water partition coefficient (Wildman–Crippen LogP) is 2.43. The fourth-order valence-corrected chi connectivity index (χ4v) is 1.90. The number of carbonyl (C=O) groups is 1. The van der Waals surface area contributed by atoms with Crippen LogP contribution in [-0.4, -0.2) is 19.2 Å². The molecular formula is C14H17NO3. The zero-order valence-corrected chi connectivity index (χ0v) is 11.2. The number of rotatable bonds is 4. The fourth-order valence-electron chi connectivity index (χ4n) is 1.90. The van der Waals surface area contributed by atoms with Crippen LogP contribution < -0.4 is 4.74 Å². The summed E-state index contributed by atoms with van der Waals surface area (Å²) in [6.07, 6.45) is 0. The van der Waals surface area contributed by atoms with Crippen LogP contribution in [0, 0.1) is 32.1 Å². The van der Waals surface area contributed by atoms with Crippen molar-refractivity contribution in [2.45, 2.75) is 27.7 Å². The number of ether oxygens (including phenoxy) is 2. The van der Waals surface area contributed by atoms with Crippen molar-refractivity contribution >= 4 is 5.97 Å². The second-order valence-electron chi connectivity index (χ2n) is 4.04. The molecule has 0 unspecified atom stereocenters. The molecule has 0 atom stereocenters. The first-order valence-electron chi connectivity index (χ1n) is 5.80. The van der Waals surface area contributed by atoms with Crippen LogP contribution in [0.2, 0.25) is 0 Å². The van der Waals surface area contributed by atoms with E-state index in [0.717, 1.165) is 16.7 Å². The van der Waals surface area contributed by atoms with Gasteiger partial charge in [0.15, 0.2) is 6.61 Å². The van der Waals surface area contributed by atoms with Crippen LogP contribution in [-0.2, 0) is 9.53 Å². The van der Waals surface area contributed by atoms with Crippen LogP contribution >= 0.6 is 0 Å². The molecule has 0 aromatic heterocycles. The normalized spacial score (nSPS) is 9.72. The van der Waals surface area contributed by atoms with Crippen LogP contribution in [0.3, 0.4) is 0 Å². The summed E-state index contributed by atoms with van der Waals surface area (Å²) in [4.78, 5) is 11.2. The van der Waals surface area contributed by atoms with E-state index in [0.29, 0.717) is 17.9 Å². The summed E-state index contributed by atoms with van der Waals surface area (Å²) in [5.74, 6) is 0.181. The molecule has 1 aromatic rings. The van der Waals surface area contributed by atoms with E-state index >= 15 is 0 Å². The van der Waals surface area contributed by atoms with E-state index in [9.17, 15) is 4.79 Å². The molecule has 0 aliphatic carbocycles. The van der Waals surface area contributed by atoms with Crippen molar-refractivity contribution in [3.05, 3.63) is 28.3 Å². The van der Waals surface area contributed by atoms with Crippen LogP contribution in [0.25, 0.3) is 0 Å². The molecule has 0 aliphatic heterocycles. The zero-order chi connectivity index (χ0) is 13.7. The molecule has 0 heterocycles. The maximum absolute atomic E-state index is 11.2. The second kappa shape index (κ2) is 6.06. The minimum Gasteiger partial charge on any atom is -0.481 e. The Labute approximate surface area is 107 Å². The number of hydrogen-bond acceptors (Lipinski definition) is 4. The second-order valence-corrected chi connectivity index (χ2v) is 4.04. The Morgan fingerprint density at radius 3 is 2.56 bits per heavy atom. The summed E-state index contributed by atoms with van der Waals surface area (Å²) >= 11 is 0. The lowest BCUT2D eigenvalue weighted by Crippen LogP contribution is -2.15. The Morgan fingerprint density at radius 1 is 1.33 bits per heavy atom. The first kappa shape index (κ1) is 14.0. The smallest absolute Gasteiger partial charge is 0.344 e. The Balaban J connectivity index is 2.96. The Kier molecular flexibility index (Phi) is 4.73. The minimum atomic E-state index is -0.407. The number of hydrogen-bond donors (Lipinski definition) is 0. The quantitative estimate of drug-likeness (QED) is 0.767. The van der Waals surface area contributed by atoms with Crippen LogP contribution in [0.1, 0.15) is 29.2 Å². The van der Waals surface area contributed by atoms with Crippen molar-refractivity contribution in [1.82, 2.24) is 0 Å². The number of nitrogens with zero attached hydrogens (tertiary/aromatic N) is 1. The monoisotopic (exact) mass is 247 g/mol. The third-order valence-electron chi connectivity index (χ3n) is 2.65. The average molecular weight is 247 g/mol. The Morgan fingerprint density at radius 2 is 2.00 bits per heavy atom. The number of nitriles is 1. The summed E-state index contributed by atoms with van der Waals surface area (Å²) < 4.78 is 10.2.